The van der Waals surface area contributed by atoms with Crippen LogP contribution < -0.4 is 5.32 Å². The molecule has 27 heavy (non-hydrogen) atoms. The second-order valence-corrected chi connectivity index (χ2v) is 8.88. The van der Waals surface area contributed by atoms with Crippen molar-refractivity contribution in [1.82, 2.24) is 14.9 Å². The summed E-state index contributed by atoms with van der Waals surface area (Å²) < 4.78 is 1.16. The fraction of sp³-hybridized carbons (Fsp3) is 0.250. The number of thioether (sulfide) groups is 1. The molecule has 0 spiro atoms. The molecule has 3 aromatic rings. The standard InChI is InChI=1S/C20H19IN4OS/c1-13-2-7-16-18(24-15-5-3-14(21)4-6-15)17(12-22-19(16)23-13)20(26)25-8-10-27-11-9-25/h2-7,12H,8-11H2,1H3,(H,22,23,24). The van der Waals surface area contributed by atoms with Gasteiger partial charge in [0.05, 0.1) is 11.3 Å². The lowest BCUT2D eigenvalue weighted by Gasteiger charge is -2.27. The molecule has 1 amide bonds. The Morgan fingerprint density at radius 2 is 1.89 bits per heavy atom. The molecule has 1 aromatic carbocycles. The number of halogens is 1. The van der Waals surface area contributed by atoms with Gasteiger partial charge in [0.1, 0.15) is 0 Å². The quantitative estimate of drug-likeness (QED) is 0.549. The summed E-state index contributed by atoms with van der Waals surface area (Å²) >= 11 is 4.17. The number of hydrogen-bond acceptors (Lipinski definition) is 5. The predicted octanol–water partition coefficient (Wildman–Crippen LogP) is 4.48. The molecule has 0 unspecified atom stereocenters. The number of hydrogen-bond donors (Lipinski definition) is 1. The van der Waals surface area contributed by atoms with Gasteiger partial charge in [-0.25, -0.2) is 9.97 Å². The molecule has 0 bridgehead atoms. The molecule has 4 rings (SSSR count). The van der Waals surface area contributed by atoms with Crippen LogP contribution in [0.15, 0.2) is 42.6 Å². The molecule has 0 radical (unpaired) electrons. The maximum atomic E-state index is 13.2. The number of anilines is 2. The fourth-order valence-electron chi connectivity index (χ4n) is 3.08. The van der Waals surface area contributed by atoms with E-state index in [0.29, 0.717) is 11.2 Å². The summed E-state index contributed by atoms with van der Waals surface area (Å²) in [6, 6.07) is 12.1. The molecule has 1 fully saturated rings. The minimum absolute atomic E-state index is 0.0262. The van der Waals surface area contributed by atoms with E-state index in [9.17, 15) is 4.79 Å². The van der Waals surface area contributed by atoms with E-state index in [1.165, 1.54) is 0 Å². The minimum atomic E-state index is 0.0262. The Morgan fingerprint density at radius 1 is 1.15 bits per heavy atom. The lowest BCUT2D eigenvalue weighted by atomic mass is 10.1. The van der Waals surface area contributed by atoms with Crippen molar-refractivity contribution in [2.24, 2.45) is 0 Å². The summed E-state index contributed by atoms with van der Waals surface area (Å²) in [5.41, 5.74) is 3.86. The highest BCUT2D eigenvalue weighted by Crippen LogP contribution is 2.30. The molecule has 3 heterocycles. The van der Waals surface area contributed by atoms with Gasteiger partial charge in [-0.05, 0) is 65.9 Å². The van der Waals surface area contributed by atoms with Gasteiger partial charge in [0.15, 0.2) is 5.65 Å². The lowest BCUT2D eigenvalue weighted by molar-refractivity contribution is 0.0773. The van der Waals surface area contributed by atoms with Crippen LogP contribution >= 0.6 is 34.4 Å². The van der Waals surface area contributed by atoms with Crippen molar-refractivity contribution in [2.75, 3.05) is 29.9 Å². The predicted molar refractivity (Wildman–Crippen MR) is 120 cm³/mol. The summed E-state index contributed by atoms with van der Waals surface area (Å²) in [5, 5.41) is 4.30. The van der Waals surface area contributed by atoms with Crippen molar-refractivity contribution in [1.29, 1.82) is 0 Å². The van der Waals surface area contributed by atoms with E-state index in [0.717, 1.165) is 50.6 Å². The Kier molecular flexibility index (Phi) is 5.49. The minimum Gasteiger partial charge on any atom is -0.354 e. The van der Waals surface area contributed by atoms with Crippen LogP contribution in [0.1, 0.15) is 16.1 Å². The number of nitrogens with one attached hydrogen (secondary N) is 1. The van der Waals surface area contributed by atoms with Crippen LogP contribution in [0.3, 0.4) is 0 Å². The molecule has 1 N–H and O–H groups in total. The number of aryl methyl sites for hydroxylation is 1. The van der Waals surface area contributed by atoms with Crippen LogP contribution in [0, 0.1) is 10.5 Å². The third-order valence-corrected chi connectivity index (χ3v) is 6.17. The van der Waals surface area contributed by atoms with Crippen molar-refractivity contribution in [3.05, 3.63) is 57.4 Å². The number of fused-ring (bicyclic) bond motifs is 1. The van der Waals surface area contributed by atoms with Gasteiger partial charge in [0.25, 0.3) is 5.91 Å². The molecule has 138 valence electrons. The Morgan fingerprint density at radius 3 is 2.63 bits per heavy atom. The Hall–Kier alpha value is -1.87. The second kappa shape index (κ2) is 8.02. The first kappa shape index (κ1) is 18.5. The number of pyridine rings is 2. The molecule has 0 saturated carbocycles. The summed E-state index contributed by atoms with van der Waals surface area (Å²) in [7, 11) is 0. The second-order valence-electron chi connectivity index (χ2n) is 6.41. The van der Waals surface area contributed by atoms with Gasteiger partial charge >= 0.3 is 0 Å². The zero-order valence-electron chi connectivity index (χ0n) is 14.9. The van der Waals surface area contributed by atoms with E-state index in [2.05, 4.69) is 37.9 Å². The Balaban J connectivity index is 1.80. The van der Waals surface area contributed by atoms with Gasteiger partial charge in [-0.3, -0.25) is 4.79 Å². The monoisotopic (exact) mass is 490 g/mol. The summed E-state index contributed by atoms with van der Waals surface area (Å²) in [4.78, 5) is 24.1. The van der Waals surface area contributed by atoms with Crippen molar-refractivity contribution in [2.45, 2.75) is 6.92 Å². The topological polar surface area (TPSA) is 58.1 Å². The average molecular weight is 490 g/mol. The van der Waals surface area contributed by atoms with Crippen LogP contribution in [0.2, 0.25) is 0 Å². The van der Waals surface area contributed by atoms with E-state index >= 15 is 0 Å². The van der Waals surface area contributed by atoms with Gasteiger partial charge in [0.2, 0.25) is 0 Å². The zero-order valence-corrected chi connectivity index (χ0v) is 17.9. The first-order valence-corrected chi connectivity index (χ1v) is 11.0. The molecule has 1 aliphatic heterocycles. The van der Waals surface area contributed by atoms with Gasteiger partial charge < -0.3 is 10.2 Å². The number of aromatic nitrogens is 2. The zero-order chi connectivity index (χ0) is 18.8. The molecule has 0 atom stereocenters. The number of benzene rings is 1. The molecule has 0 aliphatic carbocycles. The van der Waals surface area contributed by atoms with E-state index in [1.807, 2.05) is 60.0 Å². The lowest BCUT2D eigenvalue weighted by Crippen LogP contribution is -2.38. The number of nitrogens with zero attached hydrogens (tertiary/aromatic N) is 3. The van der Waals surface area contributed by atoms with Crippen molar-refractivity contribution in [3.8, 4) is 0 Å². The average Bonchev–Trinajstić information content (AvgIpc) is 2.70. The molecule has 2 aromatic heterocycles. The number of carbonyl (C=O) groups is 1. The van der Waals surface area contributed by atoms with Gasteiger partial charge in [0, 0.05) is 51.1 Å². The number of rotatable bonds is 3. The molecule has 1 aliphatic rings. The largest absolute Gasteiger partial charge is 0.354 e. The Labute approximate surface area is 176 Å². The molecular weight excluding hydrogens is 471 g/mol. The highest BCUT2D eigenvalue weighted by molar-refractivity contribution is 14.1. The van der Waals surface area contributed by atoms with Crippen molar-refractivity contribution < 1.29 is 4.79 Å². The maximum Gasteiger partial charge on any atom is 0.257 e. The van der Waals surface area contributed by atoms with E-state index in [-0.39, 0.29) is 5.91 Å². The van der Waals surface area contributed by atoms with Crippen LogP contribution in [-0.2, 0) is 0 Å². The molecule has 7 heteroatoms. The first-order valence-electron chi connectivity index (χ1n) is 8.78. The van der Waals surface area contributed by atoms with Crippen LogP contribution in [-0.4, -0.2) is 45.4 Å². The third kappa shape index (κ3) is 4.03. The van der Waals surface area contributed by atoms with Gasteiger partial charge in [-0.1, -0.05) is 0 Å². The normalized spacial score (nSPS) is 14.4. The van der Waals surface area contributed by atoms with E-state index < -0.39 is 0 Å². The summed E-state index contributed by atoms with van der Waals surface area (Å²) in [6.45, 7) is 3.49. The third-order valence-electron chi connectivity index (χ3n) is 4.51. The van der Waals surface area contributed by atoms with Crippen LogP contribution in [0.25, 0.3) is 11.0 Å². The molecule has 1 saturated heterocycles. The molecule has 5 nitrogen and oxygen atoms in total. The van der Waals surface area contributed by atoms with Crippen LogP contribution in [0.4, 0.5) is 11.4 Å². The smallest absolute Gasteiger partial charge is 0.257 e. The van der Waals surface area contributed by atoms with E-state index in [1.54, 1.807) is 6.20 Å². The number of carbonyl (C=O) groups excluding carboxylic acids is 1. The first-order chi connectivity index (χ1) is 13.1. The highest BCUT2D eigenvalue weighted by Gasteiger charge is 2.23. The van der Waals surface area contributed by atoms with E-state index in [4.69, 9.17) is 0 Å². The van der Waals surface area contributed by atoms with Crippen LogP contribution in [0.5, 0.6) is 0 Å². The van der Waals surface area contributed by atoms with Crippen molar-refractivity contribution in [3.63, 3.8) is 0 Å². The molecular formula is C20H19IN4OS. The maximum absolute atomic E-state index is 13.2. The Bertz CT molecular complexity index is 987. The number of amides is 1. The van der Waals surface area contributed by atoms with Gasteiger partial charge in [-0.2, -0.15) is 11.8 Å². The fourth-order valence-corrected chi connectivity index (χ4v) is 4.35. The summed E-state index contributed by atoms with van der Waals surface area (Å²) in [6.07, 6.45) is 1.66. The summed E-state index contributed by atoms with van der Waals surface area (Å²) in [5.74, 6) is 1.99. The van der Waals surface area contributed by atoms with Gasteiger partial charge in [-0.15, -0.1) is 0 Å². The SMILES string of the molecule is Cc1ccc2c(Nc3ccc(I)cc3)c(C(=O)N3CCSCC3)cnc2n1. The van der Waals surface area contributed by atoms with Crippen molar-refractivity contribution >= 4 is 62.7 Å². The highest BCUT2D eigenvalue weighted by atomic mass is 127.